The van der Waals surface area contributed by atoms with Crippen molar-refractivity contribution in [1.82, 2.24) is 4.98 Å². The first-order chi connectivity index (χ1) is 9.47. The number of nitro groups is 1. The second-order valence-electron chi connectivity index (χ2n) is 4.23. The molecule has 0 spiro atoms. The lowest BCUT2D eigenvalue weighted by Crippen LogP contribution is -2.17. The van der Waals surface area contributed by atoms with Gasteiger partial charge in [0.05, 0.1) is 11.0 Å². The average Bonchev–Trinajstić information content (AvgIpc) is 2.41. The zero-order valence-corrected chi connectivity index (χ0v) is 11.0. The van der Waals surface area contributed by atoms with Gasteiger partial charge in [0.25, 0.3) is 5.69 Å². The Morgan fingerprint density at radius 2 is 1.95 bits per heavy atom. The molecule has 2 rings (SSSR count). The quantitative estimate of drug-likeness (QED) is 0.534. The Kier molecular flexibility index (Phi) is 4.26. The highest BCUT2D eigenvalue weighted by molar-refractivity contribution is 6.29. The van der Waals surface area contributed by atoms with Gasteiger partial charge in [-0.2, -0.15) is 0 Å². The van der Waals surface area contributed by atoms with Crippen LogP contribution >= 0.6 is 11.6 Å². The van der Waals surface area contributed by atoms with Crippen LogP contribution in [0.1, 0.15) is 17.3 Å². The van der Waals surface area contributed by atoms with Crippen LogP contribution in [0.15, 0.2) is 36.4 Å². The first kappa shape index (κ1) is 14.4. The highest BCUT2D eigenvalue weighted by Crippen LogP contribution is 2.26. The molecule has 5 nitrogen and oxygen atoms in total. The zero-order chi connectivity index (χ0) is 14.7. The summed E-state index contributed by atoms with van der Waals surface area (Å²) in [5.41, 5.74) is 6.65. The number of pyridine rings is 1. The topological polar surface area (TPSA) is 82.0 Å². The SMILES string of the molecule is NC(Cc1ccc(F)cc1)c1nc(Cl)ccc1[N+](=O)[O-]. The molecule has 0 radical (unpaired) electrons. The first-order valence-electron chi connectivity index (χ1n) is 5.78. The molecule has 0 aliphatic heterocycles. The van der Waals surface area contributed by atoms with Crippen molar-refractivity contribution in [3.63, 3.8) is 0 Å². The van der Waals surface area contributed by atoms with E-state index in [1.807, 2.05) is 0 Å². The molecule has 1 atom stereocenters. The van der Waals surface area contributed by atoms with Crippen molar-refractivity contribution in [3.8, 4) is 0 Å². The molecule has 1 aromatic heterocycles. The third kappa shape index (κ3) is 3.28. The third-order valence-electron chi connectivity index (χ3n) is 2.79. The fourth-order valence-electron chi connectivity index (χ4n) is 1.84. The monoisotopic (exact) mass is 295 g/mol. The van der Waals surface area contributed by atoms with Gasteiger partial charge < -0.3 is 5.73 Å². The molecule has 0 aliphatic carbocycles. The van der Waals surface area contributed by atoms with E-state index in [4.69, 9.17) is 17.3 Å². The predicted octanol–water partition coefficient (Wildman–Crippen LogP) is 3.02. The van der Waals surface area contributed by atoms with E-state index in [9.17, 15) is 14.5 Å². The van der Waals surface area contributed by atoms with Crippen molar-refractivity contribution in [2.24, 2.45) is 5.73 Å². The summed E-state index contributed by atoms with van der Waals surface area (Å²) in [6.45, 7) is 0. The molecule has 2 N–H and O–H groups in total. The number of hydrogen-bond acceptors (Lipinski definition) is 4. The summed E-state index contributed by atoms with van der Waals surface area (Å²) in [7, 11) is 0. The fraction of sp³-hybridized carbons (Fsp3) is 0.154. The number of benzene rings is 1. The van der Waals surface area contributed by atoms with Crippen molar-refractivity contribution in [3.05, 3.63) is 68.7 Å². The third-order valence-corrected chi connectivity index (χ3v) is 3.00. The van der Waals surface area contributed by atoms with Gasteiger partial charge in [0.1, 0.15) is 16.7 Å². The summed E-state index contributed by atoms with van der Waals surface area (Å²) in [4.78, 5) is 14.3. The molecule has 20 heavy (non-hydrogen) atoms. The minimum atomic E-state index is -0.695. The van der Waals surface area contributed by atoms with Gasteiger partial charge in [-0.25, -0.2) is 9.37 Å². The number of nitrogens with two attached hydrogens (primary N) is 1. The van der Waals surface area contributed by atoms with Crippen LogP contribution in [0.2, 0.25) is 5.15 Å². The van der Waals surface area contributed by atoms with Crippen LogP contribution in [0.25, 0.3) is 0 Å². The van der Waals surface area contributed by atoms with Gasteiger partial charge in [0.15, 0.2) is 0 Å². The molecule has 1 heterocycles. The van der Waals surface area contributed by atoms with Crippen LogP contribution in [-0.4, -0.2) is 9.91 Å². The van der Waals surface area contributed by atoms with Gasteiger partial charge >= 0.3 is 0 Å². The minimum Gasteiger partial charge on any atom is -0.322 e. The lowest BCUT2D eigenvalue weighted by molar-refractivity contribution is -0.386. The molecular weight excluding hydrogens is 285 g/mol. The maximum absolute atomic E-state index is 12.8. The maximum Gasteiger partial charge on any atom is 0.292 e. The summed E-state index contributed by atoms with van der Waals surface area (Å²) in [6.07, 6.45) is 0.300. The number of nitrogens with zero attached hydrogens (tertiary/aromatic N) is 2. The van der Waals surface area contributed by atoms with E-state index < -0.39 is 11.0 Å². The molecule has 0 bridgehead atoms. The second-order valence-corrected chi connectivity index (χ2v) is 4.62. The summed E-state index contributed by atoms with van der Waals surface area (Å²) in [5.74, 6) is -0.353. The molecule has 0 saturated carbocycles. The smallest absolute Gasteiger partial charge is 0.292 e. The van der Waals surface area contributed by atoms with Crippen LogP contribution in [0, 0.1) is 15.9 Å². The Balaban J connectivity index is 2.28. The predicted molar refractivity (Wildman–Crippen MR) is 72.9 cm³/mol. The molecular formula is C13H11ClFN3O2. The highest BCUT2D eigenvalue weighted by Gasteiger charge is 2.21. The Morgan fingerprint density at radius 1 is 1.30 bits per heavy atom. The van der Waals surface area contributed by atoms with E-state index >= 15 is 0 Å². The van der Waals surface area contributed by atoms with E-state index in [2.05, 4.69) is 4.98 Å². The molecule has 0 amide bonds. The molecule has 1 unspecified atom stereocenters. The van der Waals surface area contributed by atoms with Gasteiger partial charge in [-0.3, -0.25) is 10.1 Å². The summed E-state index contributed by atoms with van der Waals surface area (Å²) in [5, 5.41) is 11.1. The standard InChI is InChI=1S/C13H11ClFN3O2/c14-12-6-5-11(18(19)20)13(17-12)10(16)7-8-1-3-9(15)4-2-8/h1-6,10H,7,16H2. The van der Waals surface area contributed by atoms with E-state index in [0.29, 0.717) is 6.42 Å². The van der Waals surface area contributed by atoms with E-state index in [0.717, 1.165) is 5.56 Å². The van der Waals surface area contributed by atoms with E-state index in [1.54, 1.807) is 12.1 Å². The normalized spacial score (nSPS) is 12.2. The second kappa shape index (κ2) is 5.94. The maximum atomic E-state index is 12.8. The van der Waals surface area contributed by atoms with Crippen molar-refractivity contribution in [2.75, 3.05) is 0 Å². The Hall–Kier alpha value is -2.05. The summed E-state index contributed by atoms with van der Waals surface area (Å²) >= 11 is 5.75. The Bertz CT molecular complexity index is 634. The zero-order valence-electron chi connectivity index (χ0n) is 10.3. The van der Waals surface area contributed by atoms with Crippen LogP contribution in [0.3, 0.4) is 0 Å². The lowest BCUT2D eigenvalue weighted by atomic mass is 10.0. The summed E-state index contributed by atoms with van der Waals surface area (Å²) < 4.78 is 12.8. The average molecular weight is 296 g/mol. The van der Waals surface area contributed by atoms with Crippen molar-refractivity contribution in [2.45, 2.75) is 12.5 Å². The van der Waals surface area contributed by atoms with Crippen LogP contribution < -0.4 is 5.73 Å². The van der Waals surface area contributed by atoms with Gasteiger partial charge in [-0.1, -0.05) is 23.7 Å². The van der Waals surface area contributed by atoms with Gasteiger partial charge in [0, 0.05) is 6.07 Å². The van der Waals surface area contributed by atoms with E-state index in [-0.39, 0.29) is 22.4 Å². The van der Waals surface area contributed by atoms with Crippen LogP contribution in [0.5, 0.6) is 0 Å². The van der Waals surface area contributed by atoms with Crippen LogP contribution in [0.4, 0.5) is 10.1 Å². The molecule has 7 heteroatoms. The summed E-state index contributed by atoms with van der Waals surface area (Å²) in [6, 6.07) is 7.68. The van der Waals surface area contributed by atoms with Gasteiger partial charge in [0.2, 0.25) is 0 Å². The molecule has 0 saturated heterocycles. The highest BCUT2D eigenvalue weighted by atomic mass is 35.5. The molecule has 1 aromatic carbocycles. The number of hydrogen-bond donors (Lipinski definition) is 1. The van der Waals surface area contributed by atoms with Gasteiger partial charge in [-0.15, -0.1) is 0 Å². The van der Waals surface area contributed by atoms with Crippen molar-refractivity contribution >= 4 is 17.3 Å². The molecule has 2 aromatic rings. The van der Waals surface area contributed by atoms with Crippen LogP contribution in [-0.2, 0) is 6.42 Å². The fourth-order valence-corrected chi connectivity index (χ4v) is 2.00. The number of aromatic nitrogens is 1. The minimum absolute atomic E-state index is 0.117. The van der Waals surface area contributed by atoms with Crippen molar-refractivity contribution < 1.29 is 9.31 Å². The molecule has 104 valence electrons. The van der Waals surface area contributed by atoms with E-state index in [1.165, 1.54) is 24.3 Å². The molecule has 0 aliphatic rings. The molecule has 0 fully saturated rings. The first-order valence-corrected chi connectivity index (χ1v) is 6.16. The lowest BCUT2D eigenvalue weighted by Gasteiger charge is -2.11. The van der Waals surface area contributed by atoms with Gasteiger partial charge in [-0.05, 0) is 30.2 Å². The Morgan fingerprint density at radius 3 is 2.55 bits per heavy atom. The van der Waals surface area contributed by atoms with Crippen molar-refractivity contribution in [1.29, 1.82) is 0 Å². The largest absolute Gasteiger partial charge is 0.322 e. The number of halogens is 2. The number of rotatable bonds is 4. The Labute approximate surface area is 119 Å².